The molecule has 0 radical (unpaired) electrons. The van der Waals surface area contributed by atoms with Crippen molar-refractivity contribution in [2.45, 2.75) is 6.04 Å². The minimum atomic E-state index is -0.511. The summed E-state index contributed by atoms with van der Waals surface area (Å²) in [5.41, 5.74) is 0.645. The number of ether oxygens (including phenoxy) is 2. The molecule has 0 aliphatic rings. The number of nitrogens with one attached hydrogen (secondary N) is 1. The molecular formula is C18H19N5O4. The third kappa shape index (κ3) is 3.81. The number of hydrogen-bond donors (Lipinski definition) is 1. The van der Waals surface area contributed by atoms with E-state index >= 15 is 0 Å². The fraction of sp³-hybridized carbons (Fsp3) is 0.222. The molecule has 0 amide bonds. The molecule has 0 saturated heterocycles. The van der Waals surface area contributed by atoms with Gasteiger partial charge in [-0.1, -0.05) is 0 Å². The van der Waals surface area contributed by atoms with Crippen LogP contribution in [0.3, 0.4) is 0 Å². The van der Waals surface area contributed by atoms with Crippen LogP contribution in [-0.4, -0.2) is 33.7 Å². The maximum atomic E-state index is 11.4. The molecule has 2 aromatic heterocycles. The van der Waals surface area contributed by atoms with Gasteiger partial charge >= 0.3 is 5.69 Å². The summed E-state index contributed by atoms with van der Waals surface area (Å²) >= 11 is 0. The predicted octanol–water partition coefficient (Wildman–Crippen LogP) is 2.94. The third-order valence-electron chi connectivity index (χ3n) is 4.09. The first-order chi connectivity index (χ1) is 13.0. The van der Waals surface area contributed by atoms with Gasteiger partial charge in [0.25, 0.3) is 0 Å². The summed E-state index contributed by atoms with van der Waals surface area (Å²) in [6.45, 7) is 0. The summed E-state index contributed by atoms with van der Waals surface area (Å²) in [6, 6.07) is 7.81. The normalized spacial score (nSPS) is 11.7. The second-order valence-corrected chi connectivity index (χ2v) is 5.75. The van der Waals surface area contributed by atoms with Crippen LogP contribution in [0.2, 0.25) is 0 Å². The average Bonchev–Trinajstić information content (AvgIpc) is 3.11. The van der Waals surface area contributed by atoms with Crippen LogP contribution in [0.1, 0.15) is 17.4 Å². The molecule has 1 N–H and O–H groups in total. The molecule has 1 aromatic carbocycles. The van der Waals surface area contributed by atoms with Gasteiger partial charge in [-0.15, -0.1) is 0 Å². The van der Waals surface area contributed by atoms with E-state index in [-0.39, 0.29) is 11.5 Å². The van der Waals surface area contributed by atoms with Crippen LogP contribution >= 0.6 is 0 Å². The Bertz CT molecular complexity index is 934. The average molecular weight is 369 g/mol. The van der Waals surface area contributed by atoms with E-state index in [1.165, 1.54) is 18.3 Å². The van der Waals surface area contributed by atoms with Gasteiger partial charge in [-0.3, -0.25) is 10.1 Å². The molecule has 2 heterocycles. The monoisotopic (exact) mass is 369 g/mol. The number of anilines is 1. The van der Waals surface area contributed by atoms with Gasteiger partial charge < -0.3 is 19.4 Å². The first-order valence-corrected chi connectivity index (χ1v) is 8.09. The first-order valence-electron chi connectivity index (χ1n) is 8.09. The van der Waals surface area contributed by atoms with Gasteiger partial charge in [0.15, 0.2) is 0 Å². The zero-order valence-electron chi connectivity index (χ0n) is 15.1. The zero-order chi connectivity index (χ0) is 19.4. The summed E-state index contributed by atoms with van der Waals surface area (Å²) in [5.74, 6) is 2.00. The second-order valence-electron chi connectivity index (χ2n) is 5.75. The van der Waals surface area contributed by atoms with Crippen LogP contribution in [0.15, 0.2) is 48.9 Å². The second kappa shape index (κ2) is 7.73. The smallest absolute Gasteiger partial charge is 0.311 e. The Morgan fingerprint density at radius 2 is 1.85 bits per heavy atom. The first kappa shape index (κ1) is 18.2. The molecule has 140 valence electrons. The number of benzene rings is 1. The lowest BCUT2D eigenvalue weighted by Crippen LogP contribution is -2.18. The van der Waals surface area contributed by atoms with Crippen LogP contribution in [-0.2, 0) is 7.05 Å². The van der Waals surface area contributed by atoms with Gasteiger partial charge in [0.1, 0.15) is 23.4 Å². The minimum absolute atomic E-state index is 0.119. The van der Waals surface area contributed by atoms with Crippen molar-refractivity contribution in [3.8, 4) is 11.5 Å². The summed E-state index contributed by atoms with van der Waals surface area (Å²) in [5, 5.41) is 14.5. The lowest BCUT2D eigenvalue weighted by atomic mass is 10.0. The minimum Gasteiger partial charge on any atom is -0.497 e. The van der Waals surface area contributed by atoms with Crippen molar-refractivity contribution in [1.82, 2.24) is 14.5 Å². The number of imidazole rings is 1. The van der Waals surface area contributed by atoms with Gasteiger partial charge in [-0.2, -0.15) is 0 Å². The predicted molar refractivity (Wildman–Crippen MR) is 99.1 cm³/mol. The van der Waals surface area contributed by atoms with Crippen LogP contribution < -0.4 is 14.8 Å². The van der Waals surface area contributed by atoms with Gasteiger partial charge in [0.2, 0.25) is 5.82 Å². The highest BCUT2D eigenvalue weighted by Crippen LogP contribution is 2.33. The van der Waals surface area contributed by atoms with E-state index in [1.807, 2.05) is 23.7 Å². The van der Waals surface area contributed by atoms with Crippen molar-refractivity contribution < 1.29 is 14.4 Å². The topological polar surface area (TPSA) is 104 Å². The maximum Gasteiger partial charge on any atom is 0.311 e. The molecule has 3 aromatic rings. The Kier molecular flexibility index (Phi) is 5.20. The van der Waals surface area contributed by atoms with Gasteiger partial charge in [-0.25, -0.2) is 9.97 Å². The van der Waals surface area contributed by atoms with E-state index in [9.17, 15) is 10.1 Å². The van der Waals surface area contributed by atoms with Crippen molar-refractivity contribution in [1.29, 1.82) is 0 Å². The summed E-state index contributed by atoms with van der Waals surface area (Å²) in [7, 11) is 4.97. The quantitative estimate of drug-likeness (QED) is 0.504. The molecule has 3 rings (SSSR count). The highest BCUT2D eigenvalue weighted by atomic mass is 16.6. The molecule has 1 atom stereocenters. The molecule has 0 bridgehead atoms. The molecular weight excluding hydrogens is 350 g/mol. The van der Waals surface area contributed by atoms with Crippen molar-refractivity contribution >= 4 is 11.5 Å². The van der Waals surface area contributed by atoms with Crippen molar-refractivity contribution in [2.24, 2.45) is 7.05 Å². The Morgan fingerprint density at radius 3 is 2.41 bits per heavy atom. The fourth-order valence-corrected chi connectivity index (χ4v) is 2.74. The molecule has 0 saturated carbocycles. The lowest BCUT2D eigenvalue weighted by Gasteiger charge is -2.21. The summed E-state index contributed by atoms with van der Waals surface area (Å²) in [6.07, 6.45) is 4.96. The highest BCUT2D eigenvalue weighted by Gasteiger charge is 2.24. The van der Waals surface area contributed by atoms with E-state index in [0.29, 0.717) is 17.3 Å². The van der Waals surface area contributed by atoms with Crippen LogP contribution in [0.5, 0.6) is 11.5 Å². The largest absolute Gasteiger partial charge is 0.497 e. The standard InChI is InChI=1S/C18H19N5O4/c1-22-8-7-20-18(22)16(12-9-13(26-2)11-14(10-12)27-3)21-17-15(23(24)25)5-4-6-19-17/h4-11,16H,1-3H3,(H,19,21)/t16-/m0/s1. The lowest BCUT2D eigenvalue weighted by molar-refractivity contribution is -0.384. The molecule has 0 aliphatic heterocycles. The summed E-state index contributed by atoms with van der Waals surface area (Å²) < 4.78 is 12.5. The van der Waals surface area contributed by atoms with Crippen molar-refractivity contribution in [3.63, 3.8) is 0 Å². The van der Waals surface area contributed by atoms with Crippen LogP contribution in [0, 0.1) is 10.1 Å². The Morgan fingerprint density at radius 1 is 1.15 bits per heavy atom. The highest BCUT2D eigenvalue weighted by molar-refractivity contribution is 5.58. The Balaban J connectivity index is 2.12. The number of nitrogens with zero attached hydrogens (tertiary/aromatic N) is 4. The molecule has 0 aliphatic carbocycles. The van der Waals surface area contributed by atoms with Crippen molar-refractivity contribution in [2.75, 3.05) is 19.5 Å². The number of hydrogen-bond acceptors (Lipinski definition) is 7. The van der Waals surface area contributed by atoms with Gasteiger partial charge in [0, 0.05) is 37.8 Å². The van der Waals surface area contributed by atoms with Gasteiger partial charge in [0.05, 0.1) is 19.1 Å². The number of aromatic nitrogens is 3. The van der Waals surface area contributed by atoms with Crippen LogP contribution in [0.25, 0.3) is 0 Å². The molecule has 9 nitrogen and oxygen atoms in total. The number of aryl methyl sites for hydroxylation is 1. The number of methoxy groups -OCH3 is 2. The Labute approximate surface area is 155 Å². The number of nitro groups is 1. The SMILES string of the molecule is COc1cc(OC)cc([C@H](Nc2ncccc2[N+](=O)[O-])c2nccn2C)c1. The van der Waals surface area contributed by atoms with E-state index in [4.69, 9.17) is 9.47 Å². The van der Waals surface area contributed by atoms with E-state index in [0.717, 1.165) is 5.56 Å². The molecule has 0 spiro atoms. The molecule has 0 unspecified atom stereocenters. The zero-order valence-corrected chi connectivity index (χ0v) is 15.1. The van der Waals surface area contributed by atoms with Crippen LogP contribution in [0.4, 0.5) is 11.5 Å². The molecule has 0 fully saturated rings. The Hall–Kier alpha value is -3.62. The van der Waals surface area contributed by atoms with E-state index < -0.39 is 11.0 Å². The van der Waals surface area contributed by atoms with Gasteiger partial charge in [-0.05, 0) is 23.8 Å². The maximum absolute atomic E-state index is 11.4. The van der Waals surface area contributed by atoms with E-state index in [1.54, 1.807) is 32.7 Å². The van der Waals surface area contributed by atoms with Crippen molar-refractivity contribution in [3.05, 3.63) is 70.4 Å². The third-order valence-corrected chi connectivity index (χ3v) is 4.09. The summed E-state index contributed by atoms with van der Waals surface area (Å²) in [4.78, 5) is 19.4. The molecule has 27 heavy (non-hydrogen) atoms. The fourth-order valence-electron chi connectivity index (χ4n) is 2.74. The number of rotatable bonds is 7. The van der Waals surface area contributed by atoms with E-state index in [2.05, 4.69) is 15.3 Å². The number of pyridine rings is 1. The molecule has 9 heteroatoms.